The number of likely N-dealkylation sites (N-methyl/N-ethyl adjacent to an activating group) is 1. The van der Waals surface area contributed by atoms with Gasteiger partial charge in [0.15, 0.2) is 0 Å². The van der Waals surface area contributed by atoms with E-state index in [0.29, 0.717) is 19.8 Å². The molecule has 3 aromatic rings. The van der Waals surface area contributed by atoms with Crippen molar-refractivity contribution in [1.29, 1.82) is 0 Å². The molecule has 1 aliphatic rings. The fourth-order valence-corrected chi connectivity index (χ4v) is 4.37. The van der Waals surface area contributed by atoms with Gasteiger partial charge in [0.25, 0.3) is 0 Å². The zero-order valence-electron chi connectivity index (χ0n) is 14.0. The summed E-state index contributed by atoms with van der Waals surface area (Å²) in [6.45, 7) is 0.808. The van der Waals surface area contributed by atoms with Gasteiger partial charge in [0.1, 0.15) is 0 Å². The van der Waals surface area contributed by atoms with Crippen molar-refractivity contribution in [2.45, 2.75) is 0 Å². The first-order valence-electron chi connectivity index (χ1n) is 8.14. The van der Waals surface area contributed by atoms with Crippen LogP contribution in [-0.2, 0) is 0 Å². The van der Waals surface area contributed by atoms with E-state index in [4.69, 9.17) is 23.2 Å². The van der Waals surface area contributed by atoms with Crippen LogP contribution >= 0.6 is 34.5 Å². The molecule has 0 amide bonds. The van der Waals surface area contributed by atoms with Gasteiger partial charge >= 0.3 is 0 Å². The van der Waals surface area contributed by atoms with E-state index < -0.39 is 0 Å². The van der Waals surface area contributed by atoms with Crippen molar-refractivity contribution in [3.63, 3.8) is 0 Å². The molecular weight excluding hydrogens is 385 g/mol. The van der Waals surface area contributed by atoms with Crippen molar-refractivity contribution in [2.75, 3.05) is 18.5 Å². The lowest BCUT2D eigenvalue weighted by Gasteiger charge is -2.28. The Morgan fingerprint density at radius 2 is 1.92 bits per heavy atom. The molecule has 0 saturated carbocycles. The van der Waals surface area contributed by atoms with Crippen LogP contribution in [0.5, 0.6) is 0 Å². The number of benzene rings is 2. The summed E-state index contributed by atoms with van der Waals surface area (Å²) < 4.78 is 0.616. The first kappa shape index (κ1) is 17.3. The number of hydrogen-bond acceptors (Lipinski definition) is 3. The molecule has 2 nitrogen and oxygen atoms in total. The maximum Gasteiger partial charge on any atom is 0.203 e. The van der Waals surface area contributed by atoms with Crippen LogP contribution < -0.4 is 4.90 Å². The van der Waals surface area contributed by atoms with Gasteiger partial charge in [-0.1, -0.05) is 41.4 Å². The van der Waals surface area contributed by atoms with E-state index in [9.17, 15) is 4.79 Å². The number of thiophene rings is 1. The Kier molecular flexibility index (Phi) is 4.62. The van der Waals surface area contributed by atoms with Crippen molar-refractivity contribution >= 4 is 51.6 Å². The third-order valence-corrected chi connectivity index (χ3v) is 5.93. The minimum Gasteiger partial charge on any atom is -0.370 e. The molecule has 0 saturated heterocycles. The summed E-state index contributed by atoms with van der Waals surface area (Å²) in [4.78, 5) is 15.6. The first-order chi connectivity index (χ1) is 12.5. The Morgan fingerprint density at radius 1 is 1.08 bits per heavy atom. The number of ketones is 1. The quantitative estimate of drug-likeness (QED) is 0.490. The summed E-state index contributed by atoms with van der Waals surface area (Å²) in [5.41, 5.74) is 4.94. The molecule has 4 rings (SSSR count). The largest absolute Gasteiger partial charge is 0.370 e. The molecule has 0 aliphatic carbocycles. The van der Waals surface area contributed by atoms with Crippen LogP contribution in [0.3, 0.4) is 0 Å². The number of rotatable bonds is 3. The van der Waals surface area contributed by atoms with E-state index in [-0.39, 0.29) is 5.78 Å². The molecule has 2 aromatic carbocycles. The molecule has 130 valence electrons. The van der Waals surface area contributed by atoms with Gasteiger partial charge < -0.3 is 4.90 Å². The van der Waals surface area contributed by atoms with Crippen molar-refractivity contribution in [1.82, 2.24) is 0 Å². The highest BCUT2D eigenvalue weighted by Gasteiger charge is 2.21. The van der Waals surface area contributed by atoms with Gasteiger partial charge in [-0.05, 0) is 53.6 Å². The Morgan fingerprint density at radius 3 is 2.65 bits per heavy atom. The highest BCUT2D eigenvalue weighted by atomic mass is 35.5. The van der Waals surface area contributed by atoms with E-state index in [1.807, 2.05) is 49.5 Å². The molecule has 5 heteroatoms. The Labute approximate surface area is 166 Å². The minimum absolute atomic E-state index is 0.0108. The lowest BCUT2D eigenvalue weighted by atomic mass is 9.91. The van der Waals surface area contributed by atoms with E-state index >= 15 is 0 Å². The van der Waals surface area contributed by atoms with E-state index in [1.54, 1.807) is 12.1 Å². The molecule has 0 unspecified atom stereocenters. The molecule has 2 heterocycles. The summed E-state index contributed by atoms with van der Waals surface area (Å²) in [7, 11) is 2.05. The Hall–Kier alpha value is -2.07. The molecule has 0 atom stereocenters. The highest BCUT2D eigenvalue weighted by Crippen LogP contribution is 2.37. The SMILES string of the molecule is CN1CC=C(c2cccc(Cl)c2)c2cc(C(=O)c3ccc(Cl)s3)ccc21. The number of hydrogen-bond donors (Lipinski definition) is 0. The fourth-order valence-electron chi connectivity index (χ4n) is 3.17. The minimum atomic E-state index is -0.0108. The molecule has 0 bridgehead atoms. The average molecular weight is 400 g/mol. The van der Waals surface area contributed by atoms with Gasteiger partial charge in [-0.25, -0.2) is 0 Å². The normalized spacial score (nSPS) is 13.3. The summed E-state index contributed by atoms with van der Waals surface area (Å²) in [6, 6.07) is 17.2. The number of fused-ring (bicyclic) bond motifs is 1. The second-order valence-electron chi connectivity index (χ2n) is 6.17. The van der Waals surface area contributed by atoms with Gasteiger partial charge in [0, 0.05) is 35.4 Å². The molecule has 1 aliphatic heterocycles. The van der Waals surface area contributed by atoms with Gasteiger partial charge in [-0.15, -0.1) is 11.3 Å². The van der Waals surface area contributed by atoms with Gasteiger partial charge in [-0.3, -0.25) is 4.79 Å². The Bertz CT molecular complexity index is 1040. The van der Waals surface area contributed by atoms with Crippen molar-refractivity contribution in [2.24, 2.45) is 0 Å². The fraction of sp³-hybridized carbons (Fsp3) is 0.0952. The predicted octanol–water partition coefficient (Wildman–Crippen LogP) is 6.17. The lowest BCUT2D eigenvalue weighted by molar-refractivity contribution is 0.104. The molecule has 0 fully saturated rings. The van der Waals surface area contributed by atoms with Gasteiger partial charge in [0.05, 0.1) is 9.21 Å². The molecule has 0 radical (unpaired) electrons. The van der Waals surface area contributed by atoms with Crippen LogP contribution in [-0.4, -0.2) is 19.4 Å². The monoisotopic (exact) mass is 399 g/mol. The molecule has 0 spiro atoms. The average Bonchev–Trinajstić information content (AvgIpc) is 3.07. The third kappa shape index (κ3) is 3.18. The second-order valence-corrected chi connectivity index (χ2v) is 8.32. The van der Waals surface area contributed by atoms with E-state index in [2.05, 4.69) is 11.0 Å². The van der Waals surface area contributed by atoms with E-state index in [1.165, 1.54) is 11.3 Å². The molecular formula is C21H15Cl2NOS. The predicted molar refractivity (Wildman–Crippen MR) is 111 cm³/mol. The van der Waals surface area contributed by atoms with Crippen LogP contribution in [0.1, 0.15) is 26.4 Å². The van der Waals surface area contributed by atoms with Crippen LogP contribution in [0.2, 0.25) is 9.36 Å². The van der Waals surface area contributed by atoms with Gasteiger partial charge in [0.2, 0.25) is 5.78 Å². The second kappa shape index (κ2) is 6.92. The zero-order chi connectivity index (χ0) is 18.3. The maximum absolute atomic E-state index is 12.8. The van der Waals surface area contributed by atoms with Gasteiger partial charge in [-0.2, -0.15) is 0 Å². The highest BCUT2D eigenvalue weighted by molar-refractivity contribution is 7.18. The number of halogens is 2. The standard InChI is InChI=1S/C21H15Cl2NOS/c1-24-10-9-16(13-3-2-4-15(22)11-13)17-12-14(5-6-18(17)24)21(25)19-7-8-20(23)26-19/h2-9,11-12H,10H2,1H3. The van der Waals surface area contributed by atoms with E-state index in [0.717, 1.165) is 28.9 Å². The topological polar surface area (TPSA) is 20.3 Å². The van der Waals surface area contributed by atoms with Crippen molar-refractivity contribution in [3.8, 4) is 0 Å². The molecule has 0 N–H and O–H groups in total. The Balaban J connectivity index is 1.81. The number of anilines is 1. The summed E-state index contributed by atoms with van der Waals surface area (Å²) in [6.07, 6.45) is 2.17. The van der Waals surface area contributed by atoms with Crippen LogP contribution in [0.4, 0.5) is 5.69 Å². The summed E-state index contributed by atoms with van der Waals surface area (Å²) >= 11 is 13.5. The molecule has 1 aromatic heterocycles. The van der Waals surface area contributed by atoms with Crippen molar-refractivity contribution in [3.05, 3.63) is 91.6 Å². The number of nitrogens with zero attached hydrogens (tertiary/aromatic N) is 1. The zero-order valence-corrected chi connectivity index (χ0v) is 16.3. The smallest absolute Gasteiger partial charge is 0.203 e. The third-order valence-electron chi connectivity index (χ3n) is 4.46. The number of carbonyl (C=O) groups excluding carboxylic acids is 1. The van der Waals surface area contributed by atoms with Crippen LogP contribution in [0.25, 0.3) is 5.57 Å². The number of carbonyl (C=O) groups is 1. The summed E-state index contributed by atoms with van der Waals surface area (Å²) in [5, 5.41) is 0.698. The first-order valence-corrected chi connectivity index (χ1v) is 9.72. The lowest BCUT2D eigenvalue weighted by Crippen LogP contribution is -2.22. The maximum atomic E-state index is 12.8. The summed E-state index contributed by atoms with van der Waals surface area (Å²) in [5.74, 6) is -0.0108. The van der Waals surface area contributed by atoms with Crippen molar-refractivity contribution < 1.29 is 4.79 Å². The molecule has 26 heavy (non-hydrogen) atoms. The van der Waals surface area contributed by atoms with Crippen LogP contribution in [0, 0.1) is 0 Å². The van der Waals surface area contributed by atoms with Crippen LogP contribution in [0.15, 0.2) is 60.7 Å².